The van der Waals surface area contributed by atoms with Crippen molar-refractivity contribution in [2.75, 3.05) is 13.7 Å². The average Bonchev–Trinajstić information content (AvgIpc) is 3.31. The van der Waals surface area contributed by atoms with Gasteiger partial charge in [0.1, 0.15) is 18.3 Å². The zero-order valence-electron chi connectivity index (χ0n) is 22.2. The van der Waals surface area contributed by atoms with Crippen LogP contribution >= 0.6 is 0 Å². The van der Waals surface area contributed by atoms with Crippen molar-refractivity contribution in [2.24, 2.45) is 0 Å². The molecule has 7 nitrogen and oxygen atoms in total. The Morgan fingerprint density at radius 1 is 0.973 bits per heavy atom. The lowest BCUT2D eigenvalue weighted by Gasteiger charge is -2.31. The SMILES string of the molecule is CCC(=O)NC(C(=O)N1CC(F)CC1C(=O)NC(c1ccccc1)c1ccc(C(C)C)cc1)C(C)OC. The molecule has 0 radical (unpaired) electrons. The number of rotatable bonds is 10. The molecule has 37 heavy (non-hydrogen) atoms. The number of hydrogen-bond acceptors (Lipinski definition) is 4. The molecule has 0 aliphatic carbocycles. The topological polar surface area (TPSA) is 87.7 Å². The summed E-state index contributed by atoms with van der Waals surface area (Å²) in [6, 6.07) is 15.1. The maximum atomic E-state index is 14.6. The van der Waals surface area contributed by atoms with Gasteiger partial charge in [0.2, 0.25) is 17.7 Å². The monoisotopic (exact) mass is 511 g/mol. The molecule has 2 aromatic rings. The summed E-state index contributed by atoms with van der Waals surface area (Å²) >= 11 is 0. The van der Waals surface area contributed by atoms with Gasteiger partial charge in [-0.2, -0.15) is 0 Å². The van der Waals surface area contributed by atoms with Gasteiger partial charge in [0.15, 0.2) is 0 Å². The first-order valence-electron chi connectivity index (χ1n) is 12.9. The van der Waals surface area contributed by atoms with Crippen molar-refractivity contribution in [1.29, 1.82) is 0 Å². The van der Waals surface area contributed by atoms with Crippen LogP contribution in [-0.2, 0) is 19.1 Å². The Morgan fingerprint density at radius 3 is 2.14 bits per heavy atom. The fraction of sp³-hybridized carbons (Fsp3) is 0.483. The predicted octanol–water partition coefficient (Wildman–Crippen LogP) is 3.88. The van der Waals surface area contributed by atoms with Crippen LogP contribution in [0.1, 0.15) is 69.2 Å². The molecule has 1 saturated heterocycles. The molecule has 3 rings (SSSR count). The highest BCUT2D eigenvalue weighted by Crippen LogP contribution is 2.27. The minimum Gasteiger partial charge on any atom is -0.379 e. The second-order valence-electron chi connectivity index (χ2n) is 9.85. The van der Waals surface area contributed by atoms with Gasteiger partial charge >= 0.3 is 0 Å². The molecule has 0 aromatic heterocycles. The predicted molar refractivity (Wildman–Crippen MR) is 141 cm³/mol. The van der Waals surface area contributed by atoms with Gasteiger partial charge in [-0.1, -0.05) is 75.4 Å². The zero-order chi connectivity index (χ0) is 27.1. The van der Waals surface area contributed by atoms with Gasteiger partial charge < -0.3 is 20.3 Å². The van der Waals surface area contributed by atoms with E-state index in [1.165, 1.54) is 17.6 Å². The zero-order valence-corrected chi connectivity index (χ0v) is 22.2. The van der Waals surface area contributed by atoms with E-state index in [1.807, 2.05) is 54.6 Å². The maximum absolute atomic E-state index is 14.6. The van der Waals surface area contributed by atoms with Gasteiger partial charge in [0, 0.05) is 20.0 Å². The Kier molecular flexibility index (Phi) is 9.80. The van der Waals surface area contributed by atoms with Crippen molar-refractivity contribution in [3.63, 3.8) is 0 Å². The first-order valence-corrected chi connectivity index (χ1v) is 12.9. The number of alkyl halides is 1. The first kappa shape index (κ1) is 28.3. The summed E-state index contributed by atoms with van der Waals surface area (Å²) in [7, 11) is 1.43. The van der Waals surface area contributed by atoms with Crippen molar-refractivity contribution < 1.29 is 23.5 Å². The van der Waals surface area contributed by atoms with E-state index in [4.69, 9.17) is 4.74 Å². The number of methoxy groups -OCH3 is 1. The third-order valence-corrected chi connectivity index (χ3v) is 6.94. The molecule has 5 unspecified atom stereocenters. The standard InChI is InChI=1S/C29H38FN3O4/c1-6-25(34)31-26(19(4)37-5)29(36)33-17-23(30)16-24(33)28(35)32-27(21-10-8-7-9-11-21)22-14-12-20(13-15-22)18(2)3/h7-15,18-19,23-24,26-27H,6,16-17H2,1-5H3,(H,31,34)(H,32,35). The van der Waals surface area contributed by atoms with Gasteiger partial charge in [0.25, 0.3) is 0 Å². The van der Waals surface area contributed by atoms with Crippen LogP contribution in [0.4, 0.5) is 4.39 Å². The third-order valence-electron chi connectivity index (χ3n) is 6.94. The van der Waals surface area contributed by atoms with E-state index in [1.54, 1.807) is 13.8 Å². The minimum atomic E-state index is -1.35. The number of halogens is 1. The Balaban J connectivity index is 1.88. The van der Waals surface area contributed by atoms with Gasteiger partial charge in [-0.05, 0) is 29.5 Å². The summed E-state index contributed by atoms with van der Waals surface area (Å²) < 4.78 is 19.9. The van der Waals surface area contributed by atoms with E-state index in [9.17, 15) is 18.8 Å². The van der Waals surface area contributed by atoms with E-state index >= 15 is 0 Å². The van der Waals surface area contributed by atoms with Crippen molar-refractivity contribution in [3.05, 3.63) is 71.3 Å². The van der Waals surface area contributed by atoms with Crippen LogP contribution in [0, 0.1) is 0 Å². The van der Waals surface area contributed by atoms with Gasteiger partial charge in [0.05, 0.1) is 18.7 Å². The molecule has 1 aliphatic rings. The van der Waals surface area contributed by atoms with Crippen molar-refractivity contribution in [1.82, 2.24) is 15.5 Å². The Hall–Kier alpha value is -3.26. The molecule has 1 aliphatic heterocycles. The van der Waals surface area contributed by atoms with Crippen LogP contribution in [0.25, 0.3) is 0 Å². The Bertz CT molecular complexity index is 1060. The number of amides is 3. The number of nitrogens with one attached hydrogen (secondary N) is 2. The largest absolute Gasteiger partial charge is 0.379 e. The first-order chi connectivity index (χ1) is 17.7. The summed E-state index contributed by atoms with van der Waals surface area (Å²) in [6.07, 6.45) is -1.92. The molecule has 8 heteroatoms. The molecule has 3 amide bonds. The van der Waals surface area contributed by atoms with Crippen LogP contribution in [-0.4, -0.2) is 60.6 Å². The molecule has 0 bridgehead atoms. The van der Waals surface area contributed by atoms with E-state index in [0.717, 1.165) is 11.1 Å². The highest BCUT2D eigenvalue weighted by Gasteiger charge is 2.44. The number of carbonyl (C=O) groups excluding carboxylic acids is 3. The second-order valence-corrected chi connectivity index (χ2v) is 9.85. The summed E-state index contributed by atoms with van der Waals surface area (Å²) in [5.74, 6) is -0.933. The number of ether oxygens (including phenoxy) is 1. The molecule has 0 saturated carbocycles. The lowest BCUT2D eigenvalue weighted by atomic mass is 9.95. The summed E-state index contributed by atoms with van der Waals surface area (Å²) in [5.41, 5.74) is 2.95. The molecule has 2 N–H and O–H groups in total. The lowest BCUT2D eigenvalue weighted by molar-refractivity contribution is -0.144. The molecule has 200 valence electrons. The maximum Gasteiger partial charge on any atom is 0.248 e. The fourth-order valence-corrected chi connectivity index (χ4v) is 4.56. The number of likely N-dealkylation sites (tertiary alicyclic amines) is 1. The number of nitrogens with zero attached hydrogens (tertiary/aromatic N) is 1. The van der Waals surface area contributed by atoms with Crippen molar-refractivity contribution in [3.8, 4) is 0 Å². The number of hydrogen-bond donors (Lipinski definition) is 2. The van der Waals surface area contributed by atoms with Crippen LogP contribution in [0.5, 0.6) is 0 Å². The van der Waals surface area contributed by atoms with Crippen molar-refractivity contribution >= 4 is 17.7 Å². The third kappa shape index (κ3) is 6.95. The Morgan fingerprint density at radius 2 is 1.57 bits per heavy atom. The van der Waals surface area contributed by atoms with Gasteiger partial charge in [-0.25, -0.2) is 4.39 Å². The fourth-order valence-electron chi connectivity index (χ4n) is 4.56. The smallest absolute Gasteiger partial charge is 0.248 e. The van der Waals surface area contributed by atoms with E-state index in [2.05, 4.69) is 24.5 Å². The second kappa shape index (κ2) is 12.8. The molecular formula is C29H38FN3O4. The summed E-state index contributed by atoms with van der Waals surface area (Å²) in [4.78, 5) is 40.4. The van der Waals surface area contributed by atoms with E-state index in [0.29, 0.717) is 5.92 Å². The van der Waals surface area contributed by atoms with E-state index < -0.39 is 42.2 Å². The quantitative estimate of drug-likeness (QED) is 0.507. The highest BCUT2D eigenvalue weighted by molar-refractivity contribution is 5.93. The average molecular weight is 512 g/mol. The summed E-state index contributed by atoms with van der Waals surface area (Å²) in [5, 5.41) is 5.73. The minimum absolute atomic E-state index is 0.110. The van der Waals surface area contributed by atoms with Gasteiger partial charge in [-0.3, -0.25) is 14.4 Å². The highest BCUT2D eigenvalue weighted by atomic mass is 19.1. The molecular weight excluding hydrogens is 473 g/mol. The van der Waals surface area contributed by atoms with E-state index in [-0.39, 0.29) is 25.3 Å². The van der Waals surface area contributed by atoms with Crippen LogP contribution in [0.15, 0.2) is 54.6 Å². The molecule has 1 fully saturated rings. The molecule has 1 heterocycles. The van der Waals surface area contributed by atoms with Crippen LogP contribution in [0.3, 0.4) is 0 Å². The number of carbonyl (C=O) groups is 3. The lowest BCUT2D eigenvalue weighted by Crippen LogP contribution is -2.57. The number of benzene rings is 2. The van der Waals surface area contributed by atoms with Crippen LogP contribution < -0.4 is 10.6 Å². The molecule has 5 atom stereocenters. The summed E-state index contributed by atoms with van der Waals surface area (Å²) in [6.45, 7) is 7.35. The van der Waals surface area contributed by atoms with Crippen molar-refractivity contribution in [2.45, 2.75) is 76.9 Å². The van der Waals surface area contributed by atoms with Gasteiger partial charge in [-0.15, -0.1) is 0 Å². The molecule has 2 aromatic carbocycles. The normalized spacial score (nSPS) is 19.8. The van der Waals surface area contributed by atoms with Crippen LogP contribution in [0.2, 0.25) is 0 Å². The molecule has 0 spiro atoms. The Labute approximate surface area is 218 Å².